The monoisotopic (exact) mass is 386 g/mol. The molecule has 0 spiro atoms. The Bertz CT molecular complexity index is 843. The van der Waals surface area contributed by atoms with E-state index in [-0.39, 0.29) is 18.5 Å². The molecule has 0 atom stereocenters. The van der Waals surface area contributed by atoms with Crippen LogP contribution < -0.4 is 5.32 Å². The predicted octanol–water partition coefficient (Wildman–Crippen LogP) is 2.21. The van der Waals surface area contributed by atoms with Gasteiger partial charge < -0.3 is 10.4 Å². The van der Waals surface area contributed by atoms with Crippen LogP contribution in [0.3, 0.4) is 0 Å². The number of nitro groups is 1. The summed E-state index contributed by atoms with van der Waals surface area (Å²) in [6.45, 7) is 0. The van der Waals surface area contributed by atoms with Crippen LogP contribution in [0.2, 0.25) is 0 Å². The number of aliphatic carboxylic acids is 1. The molecule has 1 amide bonds. The summed E-state index contributed by atoms with van der Waals surface area (Å²) in [6, 6.07) is 2.78. The van der Waals surface area contributed by atoms with Crippen LogP contribution >= 0.6 is 0 Å². The zero-order chi connectivity index (χ0) is 19.5. The van der Waals surface area contributed by atoms with Crippen molar-refractivity contribution < 1.29 is 32.6 Å². The van der Waals surface area contributed by atoms with E-state index in [2.05, 4.69) is 5.32 Å². The van der Waals surface area contributed by atoms with Crippen molar-refractivity contribution >= 4 is 33.4 Å². The van der Waals surface area contributed by atoms with Gasteiger partial charge in [-0.15, -0.1) is 0 Å². The molecule has 2 rings (SSSR count). The molecule has 0 radical (unpaired) electrons. The van der Waals surface area contributed by atoms with Crippen molar-refractivity contribution in [3.05, 3.63) is 28.3 Å². The first-order valence-corrected chi connectivity index (χ1v) is 9.24. The highest BCUT2D eigenvalue weighted by molar-refractivity contribution is 7.86. The maximum atomic E-state index is 12.3. The summed E-state index contributed by atoms with van der Waals surface area (Å²) < 4.78 is 31.4. The highest BCUT2D eigenvalue weighted by Crippen LogP contribution is 2.44. The quantitative estimate of drug-likeness (QED) is 0.364. The minimum Gasteiger partial charge on any atom is -0.481 e. The Hall–Kier alpha value is -2.53. The molecule has 0 bridgehead atoms. The molecular weight excluding hydrogens is 368 g/mol. The van der Waals surface area contributed by atoms with Gasteiger partial charge in [-0.2, -0.15) is 8.42 Å². The second-order valence-corrected chi connectivity index (χ2v) is 7.81. The number of amides is 1. The maximum Gasteiger partial charge on any atom is 0.303 e. The lowest BCUT2D eigenvalue weighted by Crippen LogP contribution is -2.27. The van der Waals surface area contributed by atoms with Crippen LogP contribution in [0.1, 0.15) is 38.5 Å². The van der Waals surface area contributed by atoms with E-state index in [9.17, 15) is 28.1 Å². The molecule has 1 aromatic rings. The molecule has 26 heavy (non-hydrogen) atoms. The first kappa shape index (κ1) is 19.8. The van der Waals surface area contributed by atoms with E-state index in [0.717, 1.165) is 31.0 Å². The summed E-state index contributed by atoms with van der Waals surface area (Å²) in [7, 11) is -4.79. The number of nitrogens with zero attached hydrogens (tertiary/aromatic N) is 1. The van der Waals surface area contributed by atoms with Gasteiger partial charge in [-0.1, -0.05) is 12.8 Å². The molecule has 1 aliphatic carbocycles. The maximum absolute atomic E-state index is 12.3. The van der Waals surface area contributed by atoms with Gasteiger partial charge in [-0.05, 0) is 30.4 Å². The minimum atomic E-state index is -4.79. The Kier molecular flexibility index (Phi) is 5.62. The third kappa shape index (κ3) is 4.76. The summed E-state index contributed by atoms with van der Waals surface area (Å²) in [6.07, 6.45) is 2.68. The lowest BCUT2D eigenvalue weighted by molar-refractivity contribution is -0.387. The van der Waals surface area contributed by atoms with Crippen LogP contribution in [-0.2, 0) is 19.7 Å². The summed E-state index contributed by atoms with van der Waals surface area (Å²) in [5.41, 5.74) is -1.53. The topological polar surface area (TPSA) is 164 Å². The summed E-state index contributed by atoms with van der Waals surface area (Å²) in [4.78, 5) is 32.5. The number of hydrogen-bond acceptors (Lipinski definition) is 6. The van der Waals surface area contributed by atoms with Gasteiger partial charge >= 0.3 is 16.1 Å². The van der Waals surface area contributed by atoms with Gasteiger partial charge in [0.25, 0.3) is 5.69 Å². The molecule has 1 aromatic carbocycles. The first-order chi connectivity index (χ1) is 12.0. The minimum absolute atomic E-state index is 0.0161. The summed E-state index contributed by atoms with van der Waals surface area (Å²) in [5.74, 6) is -1.50. The molecule has 0 unspecified atom stereocenters. The van der Waals surface area contributed by atoms with Crippen molar-refractivity contribution in [2.24, 2.45) is 5.41 Å². The molecule has 11 heteroatoms. The lowest BCUT2D eigenvalue weighted by Gasteiger charge is -2.26. The van der Waals surface area contributed by atoms with E-state index >= 15 is 0 Å². The SMILES string of the molecule is O=C(O)CC1(CC(=O)Nc2ccc(S(=O)(=O)O)c([N+](=O)[O-])c2)CCCC1. The van der Waals surface area contributed by atoms with E-state index in [4.69, 9.17) is 9.66 Å². The van der Waals surface area contributed by atoms with Crippen molar-refractivity contribution in [3.8, 4) is 0 Å². The Morgan fingerprint density at radius 3 is 2.35 bits per heavy atom. The molecule has 0 saturated heterocycles. The smallest absolute Gasteiger partial charge is 0.303 e. The number of carbonyl (C=O) groups excluding carboxylic acids is 1. The third-order valence-corrected chi connectivity index (χ3v) is 5.34. The van der Waals surface area contributed by atoms with Crippen LogP contribution in [0, 0.1) is 15.5 Å². The van der Waals surface area contributed by atoms with Gasteiger partial charge in [0.15, 0.2) is 4.90 Å². The fourth-order valence-electron chi connectivity index (χ4n) is 3.36. The number of carboxylic acid groups (broad SMARTS) is 1. The van der Waals surface area contributed by atoms with Crippen LogP contribution in [-0.4, -0.2) is 34.9 Å². The number of carbonyl (C=O) groups is 2. The van der Waals surface area contributed by atoms with Crippen molar-refractivity contribution in [1.29, 1.82) is 0 Å². The van der Waals surface area contributed by atoms with Crippen molar-refractivity contribution in [1.82, 2.24) is 0 Å². The molecular formula is C15H18N2O8S. The summed E-state index contributed by atoms with van der Waals surface area (Å²) >= 11 is 0. The molecule has 0 aromatic heterocycles. The molecule has 142 valence electrons. The molecule has 1 aliphatic rings. The molecule has 0 heterocycles. The standard InChI is InChI=1S/C15H18N2O8S/c18-13(8-15(9-14(19)20)5-1-2-6-15)16-10-3-4-12(26(23,24)25)11(7-10)17(21)22/h3-4,7H,1-2,5-6,8-9H2,(H,16,18)(H,19,20)(H,23,24,25). The second-order valence-electron chi connectivity index (χ2n) is 6.42. The largest absolute Gasteiger partial charge is 0.481 e. The van der Waals surface area contributed by atoms with Crippen LogP contribution in [0.15, 0.2) is 23.1 Å². The van der Waals surface area contributed by atoms with Gasteiger partial charge in [-0.25, -0.2) is 0 Å². The van der Waals surface area contributed by atoms with Crippen molar-refractivity contribution in [2.75, 3.05) is 5.32 Å². The number of carboxylic acids is 1. The normalized spacial score (nSPS) is 16.2. The molecule has 3 N–H and O–H groups in total. The zero-order valence-electron chi connectivity index (χ0n) is 13.7. The Labute approximate surface area is 149 Å². The highest BCUT2D eigenvalue weighted by atomic mass is 32.2. The van der Waals surface area contributed by atoms with Crippen molar-refractivity contribution in [3.63, 3.8) is 0 Å². The van der Waals surface area contributed by atoms with E-state index in [1.807, 2.05) is 0 Å². The first-order valence-electron chi connectivity index (χ1n) is 7.80. The van der Waals surface area contributed by atoms with Gasteiger partial charge in [0, 0.05) is 18.2 Å². The number of nitro benzene ring substituents is 1. The van der Waals surface area contributed by atoms with E-state index in [1.165, 1.54) is 0 Å². The van der Waals surface area contributed by atoms with E-state index < -0.39 is 42.9 Å². The Morgan fingerprint density at radius 1 is 1.23 bits per heavy atom. The van der Waals surface area contributed by atoms with Gasteiger partial charge in [-0.3, -0.25) is 24.3 Å². The molecule has 1 fully saturated rings. The van der Waals surface area contributed by atoms with Crippen LogP contribution in [0.25, 0.3) is 0 Å². The average molecular weight is 386 g/mol. The van der Waals surface area contributed by atoms with Crippen LogP contribution in [0.4, 0.5) is 11.4 Å². The highest BCUT2D eigenvalue weighted by Gasteiger charge is 2.38. The third-order valence-electron chi connectivity index (χ3n) is 4.44. The lowest BCUT2D eigenvalue weighted by atomic mass is 9.79. The number of benzene rings is 1. The van der Waals surface area contributed by atoms with Gasteiger partial charge in [0.1, 0.15) is 0 Å². The average Bonchev–Trinajstić information content (AvgIpc) is 2.92. The molecule has 10 nitrogen and oxygen atoms in total. The van der Waals surface area contributed by atoms with E-state index in [0.29, 0.717) is 12.8 Å². The second kappa shape index (κ2) is 7.38. The Balaban J connectivity index is 2.20. The number of nitrogens with one attached hydrogen (secondary N) is 1. The van der Waals surface area contributed by atoms with E-state index in [1.54, 1.807) is 0 Å². The predicted molar refractivity (Wildman–Crippen MR) is 89.3 cm³/mol. The summed E-state index contributed by atoms with van der Waals surface area (Å²) in [5, 5.41) is 22.5. The molecule has 0 aliphatic heterocycles. The van der Waals surface area contributed by atoms with Crippen molar-refractivity contribution in [2.45, 2.75) is 43.4 Å². The fourth-order valence-corrected chi connectivity index (χ4v) is 4.00. The molecule has 1 saturated carbocycles. The zero-order valence-corrected chi connectivity index (χ0v) is 14.5. The van der Waals surface area contributed by atoms with Gasteiger partial charge in [0.05, 0.1) is 11.3 Å². The number of hydrogen-bond donors (Lipinski definition) is 3. The fraction of sp³-hybridized carbons (Fsp3) is 0.467. The van der Waals surface area contributed by atoms with Crippen LogP contribution in [0.5, 0.6) is 0 Å². The Morgan fingerprint density at radius 2 is 1.85 bits per heavy atom. The number of rotatable bonds is 7. The van der Waals surface area contributed by atoms with Gasteiger partial charge in [0.2, 0.25) is 5.91 Å². The number of anilines is 1.